The van der Waals surface area contributed by atoms with E-state index in [4.69, 9.17) is 4.74 Å². The van der Waals surface area contributed by atoms with Crippen molar-refractivity contribution in [1.82, 2.24) is 10.2 Å². The topological polar surface area (TPSA) is 55.0 Å². The second kappa shape index (κ2) is 7.09. The third-order valence-corrected chi connectivity index (χ3v) is 4.25. The normalized spacial score (nSPS) is 12.3. The fourth-order valence-corrected chi connectivity index (χ4v) is 3.03. The van der Waals surface area contributed by atoms with E-state index in [1.54, 1.807) is 7.11 Å². The number of benzene rings is 1. The molecule has 1 atom stereocenters. The Balaban J connectivity index is 1.77. The van der Waals surface area contributed by atoms with E-state index in [0.717, 1.165) is 24.2 Å². The Bertz CT molecular complexity index is 526. The van der Waals surface area contributed by atoms with Gasteiger partial charge in [-0.2, -0.15) is 5.10 Å². The average Bonchev–Trinajstić information content (AvgIpc) is 2.92. The molecule has 0 saturated carbocycles. The van der Waals surface area contributed by atoms with Crippen molar-refractivity contribution in [3.8, 4) is 5.75 Å². The van der Waals surface area contributed by atoms with Crippen molar-refractivity contribution in [2.45, 2.75) is 18.6 Å². The quantitative estimate of drug-likeness (QED) is 0.845. The van der Waals surface area contributed by atoms with Crippen molar-refractivity contribution in [3.05, 3.63) is 47.8 Å². The van der Waals surface area contributed by atoms with Gasteiger partial charge in [0.2, 0.25) is 0 Å². The van der Waals surface area contributed by atoms with Gasteiger partial charge in [0.15, 0.2) is 0 Å². The molecular formula is C14H18N2O2S. The van der Waals surface area contributed by atoms with Crippen LogP contribution in [0.4, 0.5) is 0 Å². The Hall–Kier alpha value is -1.62. The van der Waals surface area contributed by atoms with Crippen LogP contribution in [0.1, 0.15) is 17.5 Å². The number of H-pyrrole nitrogens is 1. The van der Waals surface area contributed by atoms with Crippen LogP contribution in [0.5, 0.6) is 5.75 Å². The molecule has 0 bridgehead atoms. The van der Waals surface area contributed by atoms with Gasteiger partial charge in [-0.15, -0.1) is 0 Å². The van der Waals surface area contributed by atoms with E-state index in [1.165, 1.54) is 5.56 Å². The fourth-order valence-electron chi connectivity index (χ4n) is 1.87. The van der Waals surface area contributed by atoms with Gasteiger partial charge in [-0.05, 0) is 36.1 Å². The predicted octanol–water partition coefficient (Wildman–Crippen LogP) is 2.30. The lowest BCUT2D eigenvalue weighted by Crippen LogP contribution is -2.02. The first-order valence-corrected chi connectivity index (χ1v) is 7.72. The minimum Gasteiger partial charge on any atom is -0.497 e. The summed E-state index contributed by atoms with van der Waals surface area (Å²) in [4.78, 5) is 0. The molecule has 0 radical (unpaired) electrons. The van der Waals surface area contributed by atoms with E-state index >= 15 is 0 Å². The smallest absolute Gasteiger partial charge is 0.119 e. The third-order valence-electron chi connectivity index (χ3n) is 2.85. The Labute approximate surface area is 115 Å². The highest BCUT2D eigenvalue weighted by Gasteiger charge is 2.04. The molecule has 1 aromatic carbocycles. The molecule has 4 nitrogen and oxygen atoms in total. The average molecular weight is 278 g/mol. The van der Waals surface area contributed by atoms with Crippen LogP contribution in [-0.4, -0.2) is 27.3 Å². The molecular weight excluding hydrogens is 260 g/mol. The molecule has 19 heavy (non-hydrogen) atoms. The van der Waals surface area contributed by atoms with Crippen molar-refractivity contribution in [1.29, 1.82) is 0 Å². The van der Waals surface area contributed by atoms with Gasteiger partial charge < -0.3 is 4.74 Å². The Morgan fingerprint density at radius 1 is 1.37 bits per heavy atom. The summed E-state index contributed by atoms with van der Waals surface area (Å²) in [5, 5.41) is 6.67. The largest absolute Gasteiger partial charge is 0.497 e. The van der Waals surface area contributed by atoms with Gasteiger partial charge in [0.05, 0.1) is 13.3 Å². The van der Waals surface area contributed by atoms with Crippen LogP contribution in [0.15, 0.2) is 36.7 Å². The van der Waals surface area contributed by atoms with E-state index in [0.29, 0.717) is 11.5 Å². The number of aromatic amines is 1. The van der Waals surface area contributed by atoms with Crippen LogP contribution in [-0.2, 0) is 23.0 Å². The van der Waals surface area contributed by atoms with Crippen molar-refractivity contribution in [2.75, 3.05) is 12.9 Å². The number of hydrogen-bond acceptors (Lipinski definition) is 3. The summed E-state index contributed by atoms with van der Waals surface area (Å²) in [7, 11) is 0.811. The van der Waals surface area contributed by atoms with Gasteiger partial charge in [-0.3, -0.25) is 9.31 Å². The summed E-state index contributed by atoms with van der Waals surface area (Å²) in [5.74, 6) is 2.11. The summed E-state index contributed by atoms with van der Waals surface area (Å²) in [6.45, 7) is 0. The van der Waals surface area contributed by atoms with Crippen LogP contribution in [0.2, 0.25) is 0 Å². The maximum absolute atomic E-state index is 12.0. The highest BCUT2D eigenvalue weighted by atomic mass is 32.2. The van der Waals surface area contributed by atoms with E-state index in [9.17, 15) is 4.21 Å². The molecule has 0 amide bonds. The second-order valence-electron chi connectivity index (χ2n) is 4.35. The number of hydrogen-bond donors (Lipinski definition) is 1. The molecule has 1 heterocycles. The molecule has 5 heteroatoms. The standard InChI is InChI=1S/C14H18N2O2S/c1-18-14-6-2-4-12(8-14)11-19(17)7-3-5-13-9-15-16-10-13/h2,4,6,8-10H,3,5,7,11H2,1H3,(H,15,16). The van der Waals surface area contributed by atoms with Crippen LogP contribution in [0.3, 0.4) is 0 Å². The highest BCUT2D eigenvalue weighted by molar-refractivity contribution is 7.84. The number of aromatic nitrogens is 2. The van der Waals surface area contributed by atoms with Gasteiger partial charge in [-0.1, -0.05) is 12.1 Å². The maximum Gasteiger partial charge on any atom is 0.119 e. The maximum atomic E-state index is 12.0. The third kappa shape index (κ3) is 4.52. The zero-order chi connectivity index (χ0) is 13.5. The van der Waals surface area contributed by atoms with Crippen molar-refractivity contribution >= 4 is 10.8 Å². The number of nitrogens with one attached hydrogen (secondary N) is 1. The molecule has 0 fully saturated rings. The van der Waals surface area contributed by atoms with Gasteiger partial charge >= 0.3 is 0 Å². The number of nitrogens with zero attached hydrogens (tertiary/aromatic N) is 1. The predicted molar refractivity (Wildman–Crippen MR) is 76.6 cm³/mol. The SMILES string of the molecule is COc1cccc(CS(=O)CCCc2cn[nH]c2)c1. The molecule has 1 unspecified atom stereocenters. The molecule has 1 N–H and O–H groups in total. The summed E-state index contributed by atoms with van der Waals surface area (Å²) < 4.78 is 17.1. The zero-order valence-corrected chi connectivity index (χ0v) is 11.8. The number of aryl methyl sites for hydroxylation is 1. The molecule has 0 aliphatic carbocycles. The number of methoxy groups -OCH3 is 1. The fraction of sp³-hybridized carbons (Fsp3) is 0.357. The molecule has 0 spiro atoms. The minimum atomic E-state index is -0.829. The van der Waals surface area contributed by atoms with Gasteiger partial charge in [-0.25, -0.2) is 0 Å². The van der Waals surface area contributed by atoms with Crippen LogP contribution in [0, 0.1) is 0 Å². The molecule has 0 saturated heterocycles. The number of ether oxygens (including phenoxy) is 1. The molecule has 102 valence electrons. The first-order chi connectivity index (χ1) is 9.28. The second-order valence-corrected chi connectivity index (χ2v) is 5.93. The lowest BCUT2D eigenvalue weighted by molar-refractivity contribution is 0.414. The Morgan fingerprint density at radius 3 is 3.00 bits per heavy atom. The van der Waals surface area contributed by atoms with Crippen molar-refractivity contribution in [3.63, 3.8) is 0 Å². The highest BCUT2D eigenvalue weighted by Crippen LogP contribution is 2.14. The van der Waals surface area contributed by atoms with Gasteiger partial charge in [0.25, 0.3) is 0 Å². The first-order valence-electron chi connectivity index (χ1n) is 6.23. The van der Waals surface area contributed by atoms with E-state index < -0.39 is 10.8 Å². The molecule has 1 aromatic heterocycles. The monoisotopic (exact) mass is 278 g/mol. The van der Waals surface area contributed by atoms with Crippen molar-refractivity contribution in [2.24, 2.45) is 0 Å². The first kappa shape index (κ1) is 13.8. The lowest BCUT2D eigenvalue weighted by atomic mass is 10.2. The number of rotatable bonds is 7. The minimum absolute atomic E-state index is 0.586. The van der Waals surface area contributed by atoms with E-state index in [2.05, 4.69) is 10.2 Å². The molecule has 2 aromatic rings. The molecule has 0 aliphatic rings. The van der Waals surface area contributed by atoms with Crippen molar-refractivity contribution < 1.29 is 8.95 Å². The lowest BCUT2D eigenvalue weighted by Gasteiger charge is -2.04. The summed E-state index contributed by atoms with van der Waals surface area (Å²) >= 11 is 0. The van der Waals surface area contributed by atoms with Crippen LogP contribution < -0.4 is 4.74 Å². The van der Waals surface area contributed by atoms with Crippen LogP contribution in [0.25, 0.3) is 0 Å². The Morgan fingerprint density at radius 2 is 2.26 bits per heavy atom. The molecule has 2 rings (SSSR count). The van der Waals surface area contributed by atoms with Crippen LogP contribution >= 0.6 is 0 Å². The van der Waals surface area contributed by atoms with E-state index in [1.807, 2.05) is 36.7 Å². The van der Waals surface area contributed by atoms with Gasteiger partial charge in [0, 0.05) is 28.5 Å². The summed E-state index contributed by atoms with van der Waals surface area (Å²) in [6.07, 6.45) is 5.52. The molecule has 0 aliphatic heterocycles. The summed E-state index contributed by atoms with van der Waals surface area (Å²) in [5.41, 5.74) is 2.22. The van der Waals surface area contributed by atoms with E-state index in [-0.39, 0.29) is 0 Å². The summed E-state index contributed by atoms with van der Waals surface area (Å²) in [6, 6.07) is 7.74. The Kier molecular flexibility index (Phi) is 5.15. The zero-order valence-electron chi connectivity index (χ0n) is 11.0. The van der Waals surface area contributed by atoms with Gasteiger partial charge in [0.1, 0.15) is 5.75 Å².